The summed E-state index contributed by atoms with van der Waals surface area (Å²) >= 11 is 4.97. The highest BCUT2D eigenvalue weighted by Gasteiger charge is 2.10. The Kier molecular flexibility index (Phi) is 6.06. The standard InChI is InChI=1S/C20H19BrN2O2S/c1-13-3-6-16(7-4-13)25-11-20-22-15(12-26-20)10-19(24)23-18-8-5-14(2)9-17(18)21/h3-9,12H,10-11H2,1-2H3,(H,23,24). The van der Waals surface area contributed by atoms with Gasteiger partial charge in [-0.05, 0) is 59.6 Å². The van der Waals surface area contributed by atoms with E-state index in [9.17, 15) is 4.79 Å². The van der Waals surface area contributed by atoms with Crippen molar-refractivity contribution in [2.45, 2.75) is 26.9 Å². The summed E-state index contributed by atoms with van der Waals surface area (Å²) in [6, 6.07) is 13.7. The first-order valence-corrected chi connectivity index (χ1v) is 9.85. The van der Waals surface area contributed by atoms with Crippen LogP contribution in [0.2, 0.25) is 0 Å². The molecule has 2 aromatic carbocycles. The van der Waals surface area contributed by atoms with E-state index in [-0.39, 0.29) is 12.3 Å². The number of benzene rings is 2. The van der Waals surface area contributed by atoms with Crippen LogP contribution in [-0.4, -0.2) is 10.9 Å². The van der Waals surface area contributed by atoms with E-state index in [1.54, 1.807) is 0 Å². The molecule has 0 aliphatic rings. The first-order valence-electron chi connectivity index (χ1n) is 8.18. The lowest BCUT2D eigenvalue weighted by atomic mass is 10.2. The molecule has 0 radical (unpaired) electrons. The van der Waals surface area contributed by atoms with Crippen molar-refractivity contribution >= 4 is 38.9 Å². The zero-order valence-corrected chi connectivity index (χ0v) is 17.0. The Hall–Kier alpha value is -2.18. The van der Waals surface area contributed by atoms with Gasteiger partial charge in [-0.25, -0.2) is 4.98 Å². The molecule has 1 aromatic heterocycles. The number of nitrogens with zero attached hydrogens (tertiary/aromatic N) is 1. The molecule has 0 aliphatic carbocycles. The number of aromatic nitrogens is 1. The molecule has 0 saturated carbocycles. The van der Waals surface area contributed by atoms with Crippen molar-refractivity contribution in [2.75, 3.05) is 5.32 Å². The zero-order valence-electron chi connectivity index (χ0n) is 14.6. The van der Waals surface area contributed by atoms with Crippen LogP contribution in [0.1, 0.15) is 21.8 Å². The van der Waals surface area contributed by atoms with Crippen molar-refractivity contribution in [3.8, 4) is 5.75 Å². The highest BCUT2D eigenvalue weighted by atomic mass is 79.9. The number of carbonyl (C=O) groups excluding carboxylic acids is 1. The van der Waals surface area contributed by atoms with Gasteiger partial charge in [-0.15, -0.1) is 11.3 Å². The number of ether oxygens (including phenoxy) is 1. The van der Waals surface area contributed by atoms with E-state index >= 15 is 0 Å². The summed E-state index contributed by atoms with van der Waals surface area (Å²) in [5.41, 5.74) is 3.84. The number of carbonyl (C=O) groups is 1. The van der Waals surface area contributed by atoms with Crippen LogP contribution >= 0.6 is 27.3 Å². The van der Waals surface area contributed by atoms with Crippen LogP contribution in [-0.2, 0) is 17.8 Å². The van der Waals surface area contributed by atoms with E-state index in [0.717, 1.165) is 32.2 Å². The van der Waals surface area contributed by atoms with Gasteiger partial charge >= 0.3 is 0 Å². The lowest BCUT2D eigenvalue weighted by Crippen LogP contribution is -2.15. The predicted octanol–water partition coefficient (Wildman–Crippen LogP) is 5.28. The largest absolute Gasteiger partial charge is 0.486 e. The van der Waals surface area contributed by atoms with Gasteiger partial charge in [0.05, 0.1) is 17.8 Å². The summed E-state index contributed by atoms with van der Waals surface area (Å²) in [5, 5.41) is 5.66. The average molecular weight is 431 g/mol. The number of nitrogens with one attached hydrogen (secondary N) is 1. The first kappa shape index (κ1) is 18.6. The van der Waals surface area contributed by atoms with Crippen molar-refractivity contribution in [2.24, 2.45) is 0 Å². The molecule has 1 heterocycles. The Labute approximate surface area is 165 Å². The SMILES string of the molecule is Cc1ccc(OCc2nc(CC(=O)Nc3ccc(C)cc3Br)cs2)cc1. The van der Waals surface area contributed by atoms with Crippen LogP contribution in [0.4, 0.5) is 5.69 Å². The van der Waals surface area contributed by atoms with Gasteiger partial charge < -0.3 is 10.1 Å². The smallest absolute Gasteiger partial charge is 0.230 e. The number of aryl methyl sites for hydroxylation is 2. The maximum atomic E-state index is 12.2. The summed E-state index contributed by atoms with van der Waals surface area (Å²) in [4.78, 5) is 16.7. The molecular formula is C20H19BrN2O2S. The monoisotopic (exact) mass is 430 g/mol. The van der Waals surface area contributed by atoms with E-state index in [4.69, 9.17) is 4.74 Å². The summed E-state index contributed by atoms with van der Waals surface area (Å²) in [6.07, 6.45) is 0.237. The number of hydrogen-bond acceptors (Lipinski definition) is 4. The minimum atomic E-state index is -0.0918. The maximum absolute atomic E-state index is 12.2. The van der Waals surface area contributed by atoms with E-state index in [1.807, 2.05) is 61.7 Å². The normalized spacial score (nSPS) is 10.6. The fourth-order valence-electron chi connectivity index (χ4n) is 2.36. The number of hydrogen-bond donors (Lipinski definition) is 1. The fourth-order valence-corrected chi connectivity index (χ4v) is 3.65. The molecule has 0 saturated heterocycles. The molecule has 1 amide bonds. The van der Waals surface area contributed by atoms with Gasteiger partial charge in [0.15, 0.2) is 0 Å². The zero-order chi connectivity index (χ0) is 18.5. The summed E-state index contributed by atoms with van der Waals surface area (Å²) in [5.74, 6) is 0.722. The van der Waals surface area contributed by atoms with Gasteiger partial charge in [-0.1, -0.05) is 23.8 Å². The molecule has 0 fully saturated rings. The van der Waals surface area contributed by atoms with Crippen LogP contribution < -0.4 is 10.1 Å². The second kappa shape index (κ2) is 8.47. The Morgan fingerprint density at radius 3 is 2.62 bits per heavy atom. The Bertz CT molecular complexity index is 906. The highest BCUT2D eigenvalue weighted by molar-refractivity contribution is 9.10. The number of amides is 1. The third-order valence-electron chi connectivity index (χ3n) is 3.72. The second-order valence-electron chi connectivity index (χ2n) is 6.04. The average Bonchev–Trinajstić information content (AvgIpc) is 3.04. The van der Waals surface area contributed by atoms with Gasteiger partial charge in [-0.3, -0.25) is 4.79 Å². The van der Waals surface area contributed by atoms with Gasteiger partial charge in [0, 0.05) is 9.85 Å². The molecule has 1 N–H and O–H groups in total. The van der Waals surface area contributed by atoms with E-state index in [1.165, 1.54) is 16.9 Å². The molecule has 0 bridgehead atoms. The van der Waals surface area contributed by atoms with Crippen LogP contribution in [0, 0.1) is 13.8 Å². The molecule has 3 rings (SSSR count). The fraction of sp³-hybridized carbons (Fsp3) is 0.200. The predicted molar refractivity (Wildman–Crippen MR) is 109 cm³/mol. The van der Waals surface area contributed by atoms with Crippen LogP contribution in [0.25, 0.3) is 0 Å². The van der Waals surface area contributed by atoms with Crippen molar-refractivity contribution < 1.29 is 9.53 Å². The number of rotatable bonds is 6. The summed E-state index contributed by atoms with van der Waals surface area (Å²) in [7, 11) is 0. The third kappa shape index (κ3) is 5.16. The minimum Gasteiger partial charge on any atom is -0.486 e. The molecule has 0 unspecified atom stereocenters. The van der Waals surface area contributed by atoms with E-state index in [0.29, 0.717) is 6.61 Å². The molecule has 0 atom stereocenters. The molecular weight excluding hydrogens is 412 g/mol. The van der Waals surface area contributed by atoms with Gasteiger partial charge in [-0.2, -0.15) is 0 Å². The Morgan fingerprint density at radius 2 is 1.88 bits per heavy atom. The molecule has 26 heavy (non-hydrogen) atoms. The number of anilines is 1. The Balaban J connectivity index is 1.54. The van der Waals surface area contributed by atoms with Crippen LogP contribution in [0.5, 0.6) is 5.75 Å². The van der Waals surface area contributed by atoms with Crippen molar-refractivity contribution in [3.05, 3.63) is 74.1 Å². The minimum absolute atomic E-state index is 0.0918. The molecule has 0 spiro atoms. The molecule has 6 heteroatoms. The topological polar surface area (TPSA) is 51.2 Å². The molecule has 3 aromatic rings. The van der Waals surface area contributed by atoms with E-state index < -0.39 is 0 Å². The van der Waals surface area contributed by atoms with Gasteiger partial charge in [0.2, 0.25) is 5.91 Å². The molecule has 4 nitrogen and oxygen atoms in total. The number of halogens is 1. The maximum Gasteiger partial charge on any atom is 0.230 e. The van der Waals surface area contributed by atoms with Crippen LogP contribution in [0.3, 0.4) is 0 Å². The van der Waals surface area contributed by atoms with Crippen LogP contribution in [0.15, 0.2) is 52.3 Å². The molecule has 0 aliphatic heterocycles. The molecule has 134 valence electrons. The second-order valence-corrected chi connectivity index (χ2v) is 7.84. The third-order valence-corrected chi connectivity index (χ3v) is 5.25. The van der Waals surface area contributed by atoms with Gasteiger partial charge in [0.25, 0.3) is 0 Å². The quantitative estimate of drug-likeness (QED) is 0.578. The lowest BCUT2D eigenvalue weighted by molar-refractivity contribution is -0.115. The van der Waals surface area contributed by atoms with Gasteiger partial charge in [0.1, 0.15) is 17.4 Å². The van der Waals surface area contributed by atoms with Crippen molar-refractivity contribution in [3.63, 3.8) is 0 Å². The first-order chi connectivity index (χ1) is 12.5. The number of thiazole rings is 1. The summed E-state index contributed by atoms with van der Waals surface area (Å²) < 4.78 is 6.60. The van der Waals surface area contributed by atoms with Crippen molar-refractivity contribution in [1.82, 2.24) is 4.98 Å². The Morgan fingerprint density at radius 1 is 1.15 bits per heavy atom. The summed E-state index contributed by atoms with van der Waals surface area (Å²) in [6.45, 7) is 4.45. The van der Waals surface area contributed by atoms with E-state index in [2.05, 4.69) is 26.2 Å². The highest BCUT2D eigenvalue weighted by Crippen LogP contribution is 2.23. The lowest BCUT2D eigenvalue weighted by Gasteiger charge is -2.07. The van der Waals surface area contributed by atoms with Crippen molar-refractivity contribution in [1.29, 1.82) is 0 Å².